The summed E-state index contributed by atoms with van der Waals surface area (Å²) >= 11 is 0. The largest absolute Gasteiger partial charge is 0.507 e. The number of likely N-dealkylation sites (tertiary alicyclic amines) is 1. The number of hydrogen-bond acceptors (Lipinski definition) is 5. The van der Waals surface area contributed by atoms with Crippen LogP contribution in [0.3, 0.4) is 0 Å². The van der Waals surface area contributed by atoms with Gasteiger partial charge in [0.25, 0.3) is 11.7 Å². The van der Waals surface area contributed by atoms with E-state index >= 15 is 0 Å². The highest BCUT2D eigenvalue weighted by Gasteiger charge is 2.46. The average Bonchev–Trinajstić information content (AvgIpc) is 3.05. The van der Waals surface area contributed by atoms with Crippen molar-refractivity contribution in [3.63, 3.8) is 0 Å². The molecule has 32 heavy (non-hydrogen) atoms. The van der Waals surface area contributed by atoms with Gasteiger partial charge < -0.3 is 19.6 Å². The number of aliphatic hydroxyl groups excluding tert-OH is 1. The second-order valence-electron chi connectivity index (χ2n) is 7.50. The van der Waals surface area contributed by atoms with Gasteiger partial charge in [-0.3, -0.25) is 9.59 Å². The molecule has 0 aromatic heterocycles. The molecule has 1 amide bonds. The number of ketones is 1. The van der Waals surface area contributed by atoms with Crippen molar-refractivity contribution in [1.29, 1.82) is 0 Å². The lowest BCUT2D eigenvalue weighted by Crippen LogP contribution is -2.38. The minimum atomic E-state index is -1.00. The topological polar surface area (TPSA) is 70.1 Å². The summed E-state index contributed by atoms with van der Waals surface area (Å²) in [5.74, 6) is -1.80. The molecule has 0 spiro atoms. The summed E-state index contributed by atoms with van der Waals surface area (Å²) in [6, 6.07) is 11.6. The lowest BCUT2D eigenvalue weighted by Gasteiger charge is -2.28. The lowest BCUT2D eigenvalue weighted by molar-refractivity contribution is -0.140. The van der Waals surface area contributed by atoms with Gasteiger partial charge in [0.05, 0.1) is 18.2 Å². The molecule has 3 rings (SSSR count). The summed E-state index contributed by atoms with van der Waals surface area (Å²) < 4.78 is 20.2. The zero-order valence-electron chi connectivity index (χ0n) is 18.7. The van der Waals surface area contributed by atoms with Crippen molar-refractivity contribution in [2.75, 3.05) is 32.8 Å². The molecule has 170 valence electrons. The first kappa shape index (κ1) is 23.5. The Bertz CT molecular complexity index is 999. The van der Waals surface area contributed by atoms with E-state index in [0.717, 1.165) is 13.1 Å². The fourth-order valence-electron chi connectivity index (χ4n) is 3.95. The highest BCUT2D eigenvalue weighted by molar-refractivity contribution is 6.46. The Balaban J connectivity index is 2.08. The zero-order chi connectivity index (χ0) is 23.3. The lowest BCUT2D eigenvalue weighted by atomic mass is 9.95. The summed E-state index contributed by atoms with van der Waals surface area (Å²) in [6.07, 6.45) is 0. The van der Waals surface area contributed by atoms with Crippen LogP contribution in [0.1, 0.15) is 37.9 Å². The van der Waals surface area contributed by atoms with Crippen molar-refractivity contribution in [2.45, 2.75) is 26.8 Å². The predicted molar refractivity (Wildman–Crippen MR) is 121 cm³/mol. The van der Waals surface area contributed by atoms with E-state index in [4.69, 9.17) is 4.74 Å². The number of ether oxygens (including phenoxy) is 1. The smallest absolute Gasteiger partial charge is 0.295 e. The molecule has 6 nitrogen and oxygen atoms in total. The third-order valence-corrected chi connectivity index (χ3v) is 5.73. The zero-order valence-corrected chi connectivity index (χ0v) is 18.7. The average molecular weight is 441 g/mol. The van der Waals surface area contributed by atoms with Gasteiger partial charge in [0.1, 0.15) is 17.3 Å². The van der Waals surface area contributed by atoms with E-state index in [1.165, 1.54) is 11.0 Å². The first-order valence-electron chi connectivity index (χ1n) is 10.9. The Kier molecular flexibility index (Phi) is 7.64. The number of rotatable bonds is 9. The fourth-order valence-corrected chi connectivity index (χ4v) is 3.95. The molecule has 1 aliphatic heterocycles. The number of likely N-dealkylation sites (N-methyl/N-ethyl adjacent to an activating group) is 1. The monoisotopic (exact) mass is 440 g/mol. The van der Waals surface area contributed by atoms with E-state index < -0.39 is 23.5 Å². The second kappa shape index (κ2) is 10.4. The van der Waals surface area contributed by atoms with Crippen LogP contribution in [0, 0.1) is 5.82 Å². The normalized spacial score (nSPS) is 17.9. The second-order valence-corrected chi connectivity index (χ2v) is 7.50. The molecular weight excluding hydrogens is 411 g/mol. The van der Waals surface area contributed by atoms with Crippen molar-refractivity contribution in [1.82, 2.24) is 9.80 Å². The molecular formula is C25H29FN2O4. The van der Waals surface area contributed by atoms with E-state index in [-0.39, 0.29) is 23.4 Å². The van der Waals surface area contributed by atoms with Gasteiger partial charge in [0.2, 0.25) is 0 Å². The van der Waals surface area contributed by atoms with Crippen LogP contribution in [-0.4, -0.2) is 59.4 Å². The molecule has 1 saturated heterocycles. The molecule has 0 radical (unpaired) electrons. The standard InChI is InChI=1S/C25H29FN2O4/c1-4-27(5-2)15-16-28-22(19-9-7-8-10-20(19)26)21(24(30)25(28)31)23(29)17-11-13-18(14-12-17)32-6-3/h7-14,22,29H,4-6,15-16H2,1-3H3/b23-21+. The molecule has 0 bridgehead atoms. The van der Waals surface area contributed by atoms with Crippen LogP contribution in [0.25, 0.3) is 5.76 Å². The van der Waals surface area contributed by atoms with Crippen LogP contribution in [0.4, 0.5) is 4.39 Å². The maximum absolute atomic E-state index is 14.8. The number of halogens is 1. The summed E-state index contributed by atoms with van der Waals surface area (Å²) in [4.78, 5) is 29.4. The van der Waals surface area contributed by atoms with Crippen molar-refractivity contribution in [2.24, 2.45) is 0 Å². The van der Waals surface area contributed by atoms with Gasteiger partial charge in [0, 0.05) is 24.2 Å². The van der Waals surface area contributed by atoms with Gasteiger partial charge in [-0.25, -0.2) is 4.39 Å². The van der Waals surface area contributed by atoms with Crippen molar-refractivity contribution in [3.8, 4) is 5.75 Å². The molecule has 1 unspecified atom stereocenters. The molecule has 1 atom stereocenters. The third kappa shape index (κ3) is 4.67. The third-order valence-electron chi connectivity index (χ3n) is 5.73. The Morgan fingerprint density at radius 1 is 1.06 bits per heavy atom. The molecule has 1 N–H and O–H groups in total. The Morgan fingerprint density at radius 3 is 2.31 bits per heavy atom. The number of Topliss-reactive ketones (excluding diaryl/α,β-unsaturated/α-hetero) is 1. The van der Waals surface area contributed by atoms with Crippen molar-refractivity contribution in [3.05, 3.63) is 71.0 Å². The van der Waals surface area contributed by atoms with E-state index in [1.54, 1.807) is 42.5 Å². The van der Waals surface area contributed by atoms with Crippen LogP contribution < -0.4 is 4.74 Å². The molecule has 7 heteroatoms. The molecule has 2 aromatic carbocycles. The maximum atomic E-state index is 14.8. The predicted octanol–water partition coefficient (Wildman–Crippen LogP) is 3.99. The van der Waals surface area contributed by atoms with E-state index in [1.807, 2.05) is 20.8 Å². The SMILES string of the molecule is CCOc1ccc(/C(O)=C2\C(=O)C(=O)N(CCN(CC)CC)C2c2ccccc2F)cc1. The Hall–Kier alpha value is -3.19. The Morgan fingerprint density at radius 2 is 1.72 bits per heavy atom. The highest BCUT2D eigenvalue weighted by atomic mass is 19.1. The van der Waals surface area contributed by atoms with Crippen LogP contribution >= 0.6 is 0 Å². The number of carbonyl (C=O) groups is 2. The van der Waals surface area contributed by atoms with Gasteiger partial charge in [-0.1, -0.05) is 32.0 Å². The van der Waals surface area contributed by atoms with Crippen LogP contribution in [0.5, 0.6) is 5.75 Å². The van der Waals surface area contributed by atoms with Crippen molar-refractivity contribution < 1.29 is 23.8 Å². The van der Waals surface area contributed by atoms with Gasteiger partial charge in [0.15, 0.2) is 0 Å². The minimum Gasteiger partial charge on any atom is -0.507 e. The number of hydrogen-bond donors (Lipinski definition) is 1. The molecule has 1 fully saturated rings. The molecule has 1 heterocycles. The Labute approximate surface area is 187 Å². The van der Waals surface area contributed by atoms with E-state index in [2.05, 4.69) is 4.90 Å². The summed E-state index contributed by atoms with van der Waals surface area (Å²) in [5.41, 5.74) is 0.430. The van der Waals surface area contributed by atoms with Crippen molar-refractivity contribution >= 4 is 17.4 Å². The summed E-state index contributed by atoms with van der Waals surface area (Å²) in [6.45, 7) is 8.74. The maximum Gasteiger partial charge on any atom is 0.295 e. The molecule has 0 aliphatic carbocycles. The molecule has 1 aliphatic rings. The number of nitrogens with zero attached hydrogens (tertiary/aromatic N) is 2. The fraction of sp³-hybridized carbons (Fsp3) is 0.360. The van der Waals surface area contributed by atoms with Gasteiger partial charge >= 0.3 is 0 Å². The quantitative estimate of drug-likeness (QED) is 0.363. The van der Waals surface area contributed by atoms with E-state index in [9.17, 15) is 19.1 Å². The van der Waals surface area contributed by atoms with Gasteiger partial charge in [-0.05, 0) is 50.3 Å². The number of aliphatic hydroxyl groups is 1. The minimum absolute atomic E-state index is 0.108. The number of amides is 1. The van der Waals surface area contributed by atoms with Crippen LogP contribution in [0.15, 0.2) is 54.1 Å². The highest BCUT2D eigenvalue weighted by Crippen LogP contribution is 2.40. The van der Waals surface area contributed by atoms with Crippen LogP contribution in [-0.2, 0) is 9.59 Å². The summed E-state index contributed by atoms with van der Waals surface area (Å²) in [5, 5.41) is 11.0. The molecule has 0 saturated carbocycles. The van der Waals surface area contributed by atoms with Gasteiger partial charge in [-0.15, -0.1) is 0 Å². The number of carbonyl (C=O) groups excluding carboxylic acids is 2. The summed E-state index contributed by atoms with van der Waals surface area (Å²) in [7, 11) is 0. The van der Waals surface area contributed by atoms with Gasteiger partial charge in [-0.2, -0.15) is 0 Å². The first-order chi connectivity index (χ1) is 15.4. The van der Waals surface area contributed by atoms with Crippen LogP contribution in [0.2, 0.25) is 0 Å². The molecule has 2 aromatic rings. The van der Waals surface area contributed by atoms with E-state index in [0.29, 0.717) is 24.5 Å². The first-order valence-corrected chi connectivity index (χ1v) is 10.9. The number of benzene rings is 2.